The highest BCUT2D eigenvalue weighted by Gasteiger charge is 2.47. The zero-order valence-electron chi connectivity index (χ0n) is 12.4. The first-order valence-electron chi connectivity index (χ1n) is 7.75. The monoisotopic (exact) mass is 258 g/mol. The van der Waals surface area contributed by atoms with Crippen molar-refractivity contribution in [3.63, 3.8) is 0 Å². The van der Waals surface area contributed by atoms with Crippen molar-refractivity contribution in [2.75, 3.05) is 0 Å². The summed E-state index contributed by atoms with van der Waals surface area (Å²) >= 11 is 0. The van der Waals surface area contributed by atoms with Crippen LogP contribution in [0.3, 0.4) is 0 Å². The maximum Gasteiger partial charge on any atom is 0.0860 e. The van der Waals surface area contributed by atoms with Crippen molar-refractivity contribution in [3.05, 3.63) is 35.9 Å². The lowest BCUT2D eigenvalue weighted by Gasteiger charge is -2.26. The van der Waals surface area contributed by atoms with Crippen LogP contribution in [0.1, 0.15) is 58.1 Å². The molecule has 104 valence electrons. The van der Waals surface area contributed by atoms with Crippen LogP contribution >= 0.6 is 0 Å². The molecular weight excluding hydrogens is 232 g/mol. The molecule has 1 aromatic rings. The van der Waals surface area contributed by atoms with Crippen LogP contribution in [0.2, 0.25) is 0 Å². The number of hydrogen-bond acceptors (Lipinski definition) is 1. The van der Waals surface area contributed by atoms with Crippen LogP contribution in [-0.4, -0.2) is 6.10 Å². The molecule has 1 nitrogen and oxygen atoms in total. The number of rotatable bonds is 2. The van der Waals surface area contributed by atoms with Gasteiger partial charge in [0.15, 0.2) is 0 Å². The summed E-state index contributed by atoms with van der Waals surface area (Å²) in [6.45, 7) is 6.99. The number of hydrogen-bond donors (Lipinski definition) is 0. The van der Waals surface area contributed by atoms with Gasteiger partial charge in [-0.05, 0) is 42.1 Å². The first-order chi connectivity index (χ1) is 9.04. The molecule has 0 aromatic heterocycles. The number of ether oxygens (including phenoxy) is 1. The molecule has 1 heterocycles. The van der Waals surface area contributed by atoms with Gasteiger partial charge in [-0.15, -0.1) is 0 Å². The van der Waals surface area contributed by atoms with Gasteiger partial charge in [-0.1, -0.05) is 57.5 Å². The predicted octanol–water partition coefficient (Wildman–Crippen LogP) is 4.98. The molecule has 19 heavy (non-hydrogen) atoms. The van der Waals surface area contributed by atoms with Crippen LogP contribution in [0.25, 0.3) is 0 Å². The van der Waals surface area contributed by atoms with E-state index in [1.807, 2.05) is 0 Å². The molecule has 4 atom stereocenters. The van der Waals surface area contributed by atoms with E-state index in [-0.39, 0.29) is 0 Å². The summed E-state index contributed by atoms with van der Waals surface area (Å²) in [5.41, 5.74) is 1.75. The molecule has 1 heteroatoms. The molecule has 0 N–H and O–H groups in total. The third-order valence-corrected chi connectivity index (χ3v) is 4.75. The van der Waals surface area contributed by atoms with Gasteiger partial charge in [-0.2, -0.15) is 0 Å². The molecule has 1 saturated carbocycles. The summed E-state index contributed by atoms with van der Waals surface area (Å²) in [5, 5.41) is 0. The molecule has 0 radical (unpaired) electrons. The molecule has 1 aliphatic heterocycles. The lowest BCUT2D eigenvalue weighted by molar-refractivity contribution is 0.00150. The molecule has 1 aliphatic carbocycles. The summed E-state index contributed by atoms with van der Waals surface area (Å²) in [6, 6.07) is 10.8. The van der Waals surface area contributed by atoms with Crippen molar-refractivity contribution in [2.45, 2.75) is 58.7 Å². The number of fused-ring (bicyclic) bond motifs is 1. The SMILES string of the molecule is CC(C)(C)CC1OC(c2ccccc2)C2CCCC12. The van der Waals surface area contributed by atoms with Crippen LogP contribution in [0.15, 0.2) is 30.3 Å². The van der Waals surface area contributed by atoms with Crippen molar-refractivity contribution in [1.82, 2.24) is 0 Å². The first-order valence-corrected chi connectivity index (χ1v) is 7.75. The average Bonchev–Trinajstić information content (AvgIpc) is 2.92. The van der Waals surface area contributed by atoms with Crippen LogP contribution in [0.4, 0.5) is 0 Å². The molecule has 0 bridgehead atoms. The van der Waals surface area contributed by atoms with Gasteiger partial charge in [0.2, 0.25) is 0 Å². The lowest BCUT2D eigenvalue weighted by Crippen LogP contribution is -2.23. The lowest BCUT2D eigenvalue weighted by atomic mass is 9.81. The van der Waals surface area contributed by atoms with E-state index in [1.54, 1.807) is 0 Å². The average molecular weight is 258 g/mol. The van der Waals surface area contributed by atoms with Crippen molar-refractivity contribution in [1.29, 1.82) is 0 Å². The normalized spacial score (nSPS) is 34.5. The van der Waals surface area contributed by atoms with Gasteiger partial charge < -0.3 is 4.74 Å². The van der Waals surface area contributed by atoms with Gasteiger partial charge in [0.1, 0.15) is 0 Å². The Morgan fingerprint density at radius 2 is 1.74 bits per heavy atom. The second kappa shape index (κ2) is 4.94. The van der Waals surface area contributed by atoms with Crippen LogP contribution in [0, 0.1) is 17.3 Å². The molecule has 3 rings (SSSR count). The Kier molecular flexibility index (Phi) is 3.42. The fourth-order valence-corrected chi connectivity index (χ4v) is 4.02. The third-order valence-electron chi connectivity index (χ3n) is 4.75. The Bertz CT molecular complexity index is 417. The zero-order valence-corrected chi connectivity index (χ0v) is 12.4. The van der Waals surface area contributed by atoms with Gasteiger partial charge in [-0.25, -0.2) is 0 Å². The van der Waals surface area contributed by atoms with E-state index in [2.05, 4.69) is 51.1 Å². The molecule has 4 unspecified atom stereocenters. The summed E-state index contributed by atoms with van der Waals surface area (Å²) in [6.07, 6.45) is 6.12. The Hall–Kier alpha value is -0.820. The van der Waals surface area contributed by atoms with Gasteiger partial charge in [0.05, 0.1) is 12.2 Å². The van der Waals surface area contributed by atoms with E-state index in [0.717, 1.165) is 11.8 Å². The number of benzene rings is 1. The quantitative estimate of drug-likeness (QED) is 0.727. The second-order valence-corrected chi connectivity index (χ2v) is 7.53. The molecule has 1 saturated heterocycles. The molecular formula is C18H26O. The summed E-state index contributed by atoms with van der Waals surface area (Å²) in [7, 11) is 0. The molecule has 2 fully saturated rings. The maximum atomic E-state index is 6.49. The third kappa shape index (κ3) is 2.72. The minimum absolute atomic E-state index is 0.348. The van der Waals surface area contributed by atoms with E-state index in [4.69, 9.17) is 4.74 Å². The van der Waals surface area contributed by atoms with Gasteiger partial charge in [0.25, 0.3) is 0 Å². The molecule has 1 aromatic carbocycles. The van der Waals surface area contributed by atoms with E-state index < -0.39 is 0 Å². The van der Waals surface area contributed by atoms with E-state index in [1.165, 1.54) is 31.2 Å². The Morgan fingerprint density at radius 3 is 2.42 bits per heavy atom. The summed E-state index contributed by atoms with van der Waals surface area (Å²) in [4.78, 5) is 0. The fraction of sp³-hybridized carbons (Fsp3) is 0.667. The Labute approximate surface area is 117 Å². The zero-order chi connectivity index (χ0) is 13.5. The van der Waals surface area contributed by atoms with Gasteiger partial charge >= 0.3 is 0 Å². The van der Waals surface area contributed by atoms with Crippen LogP contribution < -0.4 is 0 Å². The van der Waals surface area contributed by atoms with Crippen LogP contribution in [-0.2, 0) is 4.74 Å². The minimum Gasteiger partial charge on any atom is -0.370 e. The highest BCUT2D eigenvalue weighted by molar-refractivity contribution is 5.20. The van der Waals surface area contributed by atoms with Crippen molar-refractivity contribution < 1.29 is 4.74 Å². The standard InChI is InChI=1S/C18H26O/c1-18(2,3)12-16-14-10-7-11-15(14)17(19-16)13-8-5-4-6-9-13/h4-6,8-9,14-17H,7,10-12H2,1-3H3. The van der Waals surface area contributed by atoms with Crippen LogP contribution in [0.5, 0.6) is 0 Å². The topological polar surface area (TPSA) is 9.23 Å². The van der Waals surface area contributed by atoms with E-state index in [9.17, 15) is 0 Å². The minimum atomic E-state index is 0.348. The van der Waals surface area contributed by atoms with Crippen molar-refractivity contribution in [3.8, 4) is 0 Å². The first kappa shape index (κ1) is 13.2. The highest BCUT2D eigenvalue weighted by Crippen LogP contribution is 2.53. The summed E-state index contributed by atoms with van der Waals surface area (Å²) in [5.74, 6) is 1.55. The Morgan fingerprint density at radius 1 is 1.05 bits per heavy atom. The van der Waals surface area contributed by atoms with E-state index in [0.29, 0.717) is 17.6 Å². The largest absolute Gasteiger partial charge is 0.370 e. The second-order valence-electron chi connectivity index (χ2n) is 7.53. The van der Waals surface area contributed by atoms with Crippen molar-refractivity contribution in [2.24, 2.45) is 17.3 Å². The van der Waals surface area contributed by atoms with Gasteiger partial charge in [-0.3, -0.25) is 0 Å². The Balaban J connectivity index is 1.81. The highest BCUT2D eigenvalue weighted by atomic mass is 16.5. The molecule has 0 spiro atoms. The van der Waals surface area contributed by atoms with Gasteiger partial charge in [0, 0.05) is 0 Å². The molecule has 2 aliphatic rings. The maximum absolute atomic E-state index is 6.49. The van der Waals surface area contributed by atoms with E-state index >= 15 is 0 Å². The van der Waals surface area contributed by atoms with Crippen molar-refractivity contribution >= 4 is 0 Å². The fourth-order valence-electron chi connectivity index (χ4n) is 4.02. The predicted molar refractivity (Wildman–Crippen MR) is 79.0 cm³/mol. The molecule has 0 amide bonds. The smallest absolute Gasteiger partial charge is 0.0860 e. The summed E-state index contributed by atoms with van der Waals surface area (Å²) < 4.78 is 6.49.